The number of hydrogen-bond donors (Lipinski definition) is 0. The van der Waals surface area contributed by atoms with Crippen LogP contribution < -0.4 is 0 Å². The van der Waals surface area contributed by atoms with Gasteiger partial charge in [0.25, 0.3) is 5.91 Å². The predicted octanol–water partition coefficient (Wildman–Crippen LogP) is 4.16. The molecule has 19 heavy (non-hydrogen) atoms. The molecule has 1 heterocycles. The second kappa shape index (κ2) is 6.25. The largest absolute Gasteiger partial charge is 0.339 e. The Labute approximate surface area is 120 Å². The van der Waals surface area contributed by atoms with Crippen molar-refractivity contribution in [3.8, 4) is 0 Å². The van der Waals surface area contributed by atoms with Gasteiger partial charge in [-0.2, -0.15) is 0 Å². The topological polar surface area (TPSA) is 20.3 Å². The highest BCUT2D eigenvalue weighted by Crippen LogP contribution is 2.21. The van der Waals surface area contributed by atoms with E-state index in [2.05, 4.69) is 19.9 Å². The number of carbonyl (C=O) groups is 1. The fourth-order valence-corrected chi connectivity index (χ4v) is 2.64. The van der Waals surface area contributed by atoms with E-state index in [0.29, 0.717) is 10.9 Å². The van der Waals surface area contributed by atoms with Gasteiger partial charge in [-0.05, 0) is 56.9 Å². The molecule has 0 aromatic heterocycles. The third kappa shape index (κ3) is 3.84. The van der Waals surface area contributed by atoms with Crippen LogP contribution >= 0.6 is 11.6 Å². The predicted molar refractivity (Wildman–Crippen MR) is 79.5 cm³/mol. The molecule has 2 nitrogen and oxygen atoms in total. The number of benzene rings is 1. The van der Waals surface area contributed by atoms with Crippen LogP contribution in [0.15, 0.2) is 35.9 Å². The Morgan fingerprint density at radius 1 is 1.21 bits per heavy atom. The molecule has 0 unspecified atom stereocenters. The Kier molecular flexibility index (Phi) is 4.65. The molecule has 1 aliphatic heterocycles. The minimum atomic E-state index is 0.118. The summed E-state index contributed by atoms with van der Waals surface area (Å²) in [5, 5.41) is 0.666. The number of carbonyl (C=O) groups excluding carboxylic acids is 1. The summed E-state index contributed by atoms with van der Waals surface area (Å²) in [6, 6.07) is 7.13. The van der Waals surface area contributed by atoms with Gasteiger partial charge in [0.05, 0.1) is 0 Å². The zero-order chi connectivity index (χ0) is 13.8. The molecule has 1 aliphatic rings. The van der Waals surface area contributed by atoms with Crippen LogP contribution in [0.3, 0.4) is 0 Å². The third-order valence-corrected chi connectivity index (χ3v) is 3.74. The van der Waals surface area contributed by atoms with E-state index in [1.54, 1.807) is 24.3 Å². The van der Waals surface area contributed by atoms with Gasteiger partial charge in [0.2, 0.25) is 0 Å². The normalized spacial score (nSPS) is 16.3. The fraction of sp³-hybridized carbons (Fsp3) is 0.438. The molecule has 0 bridgehead atoms. The van der Waals surface area contributed by atoms with Crippen molar-refractivity contribution in [2.45, 2.75) is 26.7 Å². The average molecular weight is 278 g/mol. The molecule has 1 aromatic carbocycles. The maximum Gasteiger partial charge on any atom is 0.253 e. The highest BCUT2D eigenvalue weighted by molar-refractivity contribution is 6.30. The molecule has 0 saturated carbocycles. The van der Waals surface area contributed by atoms with E-state index < -0.39 is 0 Å². The number of amides is 1. The Morgan fingerprint density at radius 2 is 1.79 bits per heavy atom. The van der Waals surface area contributed by atoms with E-state index in [0.717, 1.165) is 31.5 Å². The summed E-state index contributed by atoms with van der Waals surface area (Å²) in [4.78, 5) is 14.3. The maximum absolute atomic E-state index is 12.3. The standard InChI is InChI=1S/C16H20ClNO/c1-12(2)11-13-7-9-18(10-8-13)16(19)14-3-5-15(17)6-4-14/h3-6,11,13H,7-10H2,1-2H3. The molecular weight excluding hydrogens is 258 g/mol. The molecule has 0 atom stereocenters. The van der Waals surface area contributed by atoms with E-state index in [1.807, 2.05) is 4.90 Å². The van der Waals surface area contributed by atoms with E-state index in [9.17, 15) is 4.79 Å². The second-order valence-corrected chi connectivity index (χ2v) is 5.82. The van der Waals surface area contributed by atoms with Gasteiger partial charge in [0.15, 0.2) is 0 Å². The molecule has 102 valence electrons. The van der Waals surface area contributed by atoms with Crippen molar-refractivity contribution >= 4 is 17.5 Å². The summed E-state index contributed by atoms with van der Waals surface area (Å²) < 4.78 is 0. The van der Waals surface area contributed by atoms with Gasteiger partial charge >= 0.3 is 0 Å². The lowest BCUT2D eigenvalue weighted by molar-refractivity contribution is 0.0705. The monoisotopic (exact) mass is 277 g/mol. The lowest BCUT2D eigenvalue weighted by Crippen LogP contribution is -2.38. The van der Waals surface area contributed by atoms with Crippen LogP contribution in [0.25, 0.3) is 0 Å². The first-order valence-corrected chi connectivity index (χ1v) is 7.14. The number of nitrogens with zero attached hydrogens (tertiary/aromatic N) is 1. The summed E-state index contributed by atoms with van der Waals surface area (Å²) in [7, 11) is 0. The van der Waals surface area contributed by atoms with Gasteiger partial charge in [-0.15, -0.1) is 0 Å². The van der Waals surface area contributed by atoms with Crippen molar-refractivity contribution < 1.29 is 4.79 Å². The first kappa shape index (κ1) is 14.1. The van der Waals surface area contributed by atoms with Crippen LogP contribution in [0, 0.1) is 5.92 Å². The SMILES string of the molecule is CC(C)=CC1CCN(C(=O)c2ccc(Cl)cc2)CC1. The maximum atomic E-state index is 12.3. The highest BCUT2D eigenvalue weighted by atomic mass is 35.5. The summed E-state index contributed by atoms with van der Waals surface area (Å²) >= 11 is 5.84. The number of hydrogen-bond acceptors (Lipinski definition) is 1. The highest BCUT2D eigenvalue weighted by Gasteiger charge is 2.22. The minimum absolute atomic E-state index is 0.118. The first-order valence-electron chi connectivity index (χ1n) is 6.76. The summed E-state index contributed by atoms with van der Waals surface area (Å²) in [6.07, 6.45) is 4.44. The van der Waals surface area contributed by atoms with Crippen LogP contribution in [0.4, 0.5) is 0 Å². The number of likely N-dealkylation sites (tertiary alicyclic amines) is 1. The molecule has 0 radical (unpaired) electrons. The lowest BCUT2D eigenvalue weighted by atomic mass is 9.94. The van der Waals surface area contributed by atoms with E-state index in [4.69, 9.17) is 11.6 Å². The Balaban J connectivity index is 1.96. The Hall–Kier alpha value is -1.28. The van der Waals surface area contributed by atoms with E-state index >= 15 is 0 Å². The van der Waals surface area contributed by atoms with Gasteiger partial charge in [-0.3, -0.25) is 4.79 Å². The molecule has 1 amide bonds. The van der Waals surface area contributed by atoms with Crippen LogP contribution in [-0.2, 0) is 0 Å². The van der Waals surface area contributed by atoms with Crippen LogP contribution in [0.1, 0.15) is 37.0 Å². The Morgan fingerprint density at radius 3 is 2.32 bits per heavy atom. The lowest BCUT2D eigenvalue weighted by Gasteiger charge is -2.31. The molecule has 1 fully saturated rings. The van der Waals surface area contributed by atoms with Gasteiger partial charge in [-0.1, -0.05) is 23.3 Å². The van der Waals surface area contributed by atoms with Crippen molar-refractivity contribution in [3.05, 3.63) is 46.5 Å². The Bertz CT molecular complexity index is 466. The van der Waals surface area contributed by atoms with E-state index in [-0.39, 0.29) is 5.91 Å². The molecular formula is C16H20ClNO. The summed E-state index contributed by atoms with van der Waals surface area (Å²) in [6.45, 7) is 5.95. The quantitative estimate of drug-likeness (QED) is 0.744. The number of halogens is 1. The number of allylic oxidation sites excluding steroid dienone is 2. The third-order valence-electron chi connectivity index (χ3n) is 3.49. The van der Waals surface area contributed by atoms with Crippen molar-refractivity contribution in [1.82, 2.24) is 4.90 Å². The molecule has 1 aromatic rings. The van der Waals surface area contributed by atoms with Crippen LogP contribution in [0.2, 0.25) is 5.02 Å². The second-order valence-electron chi connectivity index (χ2n) is 5.38. The summed E-state index contributed by atoms with van der Waals surface area (Å²) in [5.74, 6) is 0.742. The van der Waals surface area contributed by atoms with Crippen molar-refractivity contribution in [2.75, 3.05) is 13.1 Å². The van der Waals surface area contributed by atoms with Crippen LogP contribution in [-0.4, -0.2) is 23.9 Å². The molecule has 2 rings (SSSR count). The zero-order valence-corrected chi connectivity index (χ0v) is 12.3. The van der Waals surface area contributed by atoms with Gasteiger partial charge in [0.1, 0.15) is 0 Å². The fourth-order valence-electron chi connectivity index (χ4n) is 2.52. The summed E-state index contributed by atoms with van der Waals surface area (Å²) in [5.41, 5.74) is 2.09. The minimum Gasteiger partial charge on any atom is -0.339 e. The van der Waals surface area contributed by atoms with Crippen molar-refractivity contribution in [3.63, 3.8) is 0 Å². The average Bonchev–Trinajstić information content (AvgIpc) is 2.39. The molecule has 0 aliphatic carbocycles. The molecule has 3 heteroatoms. The zero-order valence-electron chi connectivity index (χ0n) is 11.5. The first-order chi connectivity index (χ1) is 9.06. The molecule has 0 N–H and O–H groups in total. The number of rotatable bonds is 2. The molecule has 0 spiro atoms. The van der Waals surface area contributed by atoms with Crippen molar-refractivity contribution in [2.24, 2.45) is 5.92 Å². The van der Waals surface area contributed by atoms with E-state index in [1.165, 1.54) is 5.57 Å². The van der Waals surface area contributed by atoms with Crippen molar-refractivity contribution in [1.29, 1.82) is 0 Å². The van der Waals surface area contributed by atoms with Gasteiger partial charge < -0.3 is 4.90 Å². The number of piperidine rings is 1. The van der Waals surface area contributed by atoms with Gasteiger partial charge in [0, 0.05) is 23.7 Å². The van der Waals surface area contributed by atoms with Crippen LogP contribution in [0.5, 0.6) is 0 Å². The van der Waals surface area contributed by atoms with Gasteiger partial charge in [-0.25, -0.2) is 0 Å². The smallest absolute Gasteiger partial charge is 0.253 e. The molecule has 1 saturated heterocycles.